The molecule has 1 aliphatic heterocycles. The Morgan fingerprint density at radius 3 is 3.10 bits per heavy atom. The summed E-state index contributed by atoms with van der Waals surface area (Å²) >= 11 is 1.96. The van der Waals surface area contributed by atoms with Gasteiger partial charge in [-0.25, -0.2) is 4.68 Å². The molecular formula is C15H15N3OS. The van der Waals surface area contributed by atoms with Crippen LogP contribution in [0.1, 0.15) is 6.42 Å². The zero-order chi connectivity index (χ0) is 13.5. The van der Waals surface area contributed by atoms with Crippen LogP contribution in [0.15, 0.2) is 35.3 Å². The number of aromatic nitrogens is 3. The smallest absolute Gasteiger partial charge is 0.291 e. The molecule has 1 fully saturated rings. The average Bonchev–Trinajstić information content (AvgIpc) is 3.09. The normalized spacial score (nSPS) is 19.1. The topological polar surface area (TPSA) is 50.7 Å². The van der Waals surface area contributed by atoms with Gasteiger partial charge in [0.1, 0.15) is 5.52 Å². The molecule has 1 saturated heterocycles. The fraction of sp³-hybridized carbons (Fsp3) is 0.333. The maximum absolute atomic E-state index is 12.5. The molecule has 3 heterocycles. The number of para-hydroxylation sites is 1. The Kier molecular flexibility index (Phi) is 2.80. The van der Waals surface area contributed by atoms with Gasteiger partial charge in [0.25, 0.3) is 5.56 Å². The Bertz CT molecular complexity index is 830. The predicted molar refractivity (Wildman–Crippen MR) is 83.3 cm³/mol. The highest BCUT2D eigenvalue weighted by atomic mass is 32.2. The standard InChI is InChI=1S/C15H15N3OS/c19-15-14-12(11-3-1-2-4-13(11)17-14)7-16-18(15)8-10-5-6-20-9-10/h1-4,7,10,17H,5-6,8-9H2. The van der Waals surface area contributed by atoms with Gasteiger partial charge in [0.2, 0.25) is 0 Å². The van der Waals surface area contributed by atoms with Crippen molar-refractivity contribution in [3.63, 3.8) is 0 Å². The summed E-state index contributed by atoms with van der Waals surface area (Å²) in [6.07, 6.45) is 3.00. The average molecular weight is 285 g/mol. The van der Waals surface area contributed by atoms with E-state index in [9.17, 15) is 4.79 Å². The zero-order valence-electron chi connectivity index (χ0n) is 11.0. The SMILES string of the molecule is O=c1c2[nH]c3ccccc3c2cnn1CC1CCSC1. The van der Waals surface area contributed by atoms with Crippen LogP contribution < -0.4 is 5.56 Å². The Morgan fingerprint density at radius 2 is 2.25 bits per heavy atom. The van der Waals surface area contributed by atoms with E-state index >= 15 is 0 Å². The highest BCUT2D eigenvalue weighted by Crippen LogP contribution is 2.25. The molecule has 1 aromatic carbocycles. The highest BCUT2D eigenvalue weighted by molar-refractivity contribution is 7.99. The first-order chi connectivity index (χ1) is 9.83. The van der Waals surface area contributed by atoms with Gasteiger partial charge in [-0.15, -0.1) is 0 Å². The van der Waals surface area contributed by atoms with E-state index in [-0.39, 0.29) is 5.56 Å². The first kappa shape index (κ1) is 12.0. The van der Waals surface area contributed by atoms with Gasteiger partial charge >= 0.3 is 0 Å². The number of thioether (sulfide) groups is 1. The summed E-state index contributed by atoms with van der Waals surface area (Å²) in [6, 6.07) is 7.97. The molecule has 1 aliphatic rings. The molecule has 1 unspecified atom stereocenters. The highest BCUT2D eigenvalue weighted by Gasteiger charge is 2.18. The maximum atomic E-state index is 12.5. The van der Waals surface area contributed by atoms with E-state index in [1.54, 1.807) is 4.68 Å². The molecule has 4 nitrogen and oxygen atoms in total. The molecule has 0 spiro atoms. The Morgan fingerprint density at radius 1 is 1.35 bits per heavy atom. The van der Waals surface area contributed by atoms with Crippen LogP contribution in [0.25, 0.3) is 21.8 Å². The second-order valence-corrected chi connectivity index (χ2v) is 6.47. The van der Waals surface area contributed by atoms with Gasteiger partial charge in [0, 0.05) is 22.8 Å². The van der Waals surface area contributed by atoms with Crippen LogP contribution in [0, 0.1) is 5.92 Å². The zero-order valence-corrected chi connectivity index (χ0v) is 11.8. The number of benzene rings is 1. The molecular weight excluding hydrogens is 270 g/mol. The minimum absolute atomic E-state index is 0.00407. The molecule has 0 radical (unpaired) electrons. The summed E-state index contributed by atoms with van der Waals surface area (Å²) in [5, 5.41) is 6.35. The van der Waals surface area contributed by atoms with Crippen molar-refractivity contribution < 1.29 is 0 Å². The molecule has 0 saturated carbocycles. The van der Waals surface area contributed by atoms with E-state index in [2.05, 4.69) is 10.1 Å². The van der Waals surface area contributed by atoms with Gasteiger partial charge in [-0.3, -0.25) is 4.79 Å². The Balaban J connectivity index is 1.85. The third-order valence-electron chi connectivity index (χ3n) is 3.98. The first-order valence-corrected chi connectivity index (χ1v) is 8.02. The van der Waals surface area contributed by atoms with Crippen molar-refractivity contribution in [1.82, 2.24) is 14.8 Å². The van der Waals surface area contributed by atoms with Crippen molar-refractivity contribution in [1.29, 1.82) is 0 Å². The fourth-order valence-electron chi connectivity index (χ4n) is 2.88. The lowest BCUT2D eigenvalue weighted by Gasteiger charge is -2.09. The number of nitrogens with zero attached hydrogens (tertiary/aromatic N) is 2. The number of nitrogens with one attached hydrogen (secondary N) is 1. The van der Waals surface area contributed by atoms with E-state index in [0.29, 0.717) is 11.4 Å². The number of hydrogen-bond acceptors (Lipinski definition) is 3. The van der Waals surface area contributed by atoms with Gasteiger partial charge in [0.05, 0.1) is 6.20 Å². The molecule has 0 aliphatic carbocycles. The lowest BCUT2D eigenvalue weighted by molar-refractivity contribution is 0.445. The molecule has 0 amide bonds. The fourth-order valence-corrected chi connectivity index (χ4v) is 4.15. The van der Waals surface area contributed by atoms with E-state index in [0.717, 1.165) is 28.6 Å². The third kappa shape index (κ3) is 1.85. The minimum Gasteiger partial charge on any atom is -0.350 e. The molecule has 20 heavy (non-hydrogen) atoms. The molecule has 5 heteroatoms. The number of H-pyrrole nitrogens is 1. The van der Waals surface area contributed by atoms with Crippen LogP contribution >= 0.6 is 11.8 Å². The monoisotopic (exact) mass is 285 g/mol. The van der Waals surface area contributed by atoms with Gasteiger partial charge in [-0.05, 0) is 29.9 Å². The summed E-state index contributed by atoms with van der Waals surface area (Å²) in [6.45, 7) is 0.733. The van der Waals surface area contributed by atoms with Gasteiger partial charge in [-0.1, -0.05) is 18.2 Å². The van der Waals surface area contributed by atoms with E-state index in [4.69, 9.17) is 0 Å². The second kappa shape index (κ2) is 4.66. The molecule has 4 rings (SSSR count). The first-order valence-electron chi connectivity index (χ1n) is 6.87. The molecule has 1 atom stereocenters. The van der Waals surface area contributed by atoms with Crippen LogP contribution in [0.4, 0.5) is 0 Å². The quantitative estimate of drug-likeness (QED) is 0.787. The lowest BCUT2D eigenvalue weighted by Crippen LogP contribution is -2.26. The second-order valence-electron chi connectivity index (χ2n) is 5.32. The van der Waals surface area contributed by atoms with Crippen molar-refractivity contribution >= 4 is 33.6 Å². The Labute approximate surface area is 120 Å². The van der Waals surface area contributed by atoms with Crippen LogP contribution in [-0.2, 0) is 6.54 Å². The minimum atomic E-state index is -0.00407. The molecule has 102 valence electrons. The number of hydrogen-bond donors (Lipinski definition) is 1. The molecule has 2 aromatic heterocycles. The van der Waals surface area contributed by atoms with Crippen molar-refractivity contribution in [2.45, 2.75) is 13.0 Å². The van der Waals surface area contributed by atoms with Crippen LogP contribution in [0.5, 0.6) is 0 Å². The largest absolute Gasteiger partial charge is 0.350 e. The van der Waals surface area contributed by atoms with Crippen molar-refractivity contribution in [3.8, 4) is 0 Å². The van der Waals surface area contributed by atoms with E-state index in [1.807, 2.05) is 42.2 Å². The lowest BCUT2D eigenvalue weighted by atomic mass is 10.1. The number of rotatable bonds is 2. The van der Waals surface area contributed by atoms with E-state index < -0.39 is 0 Å². The summed E-state index contributed by atoms with van der Waals surface area (Å²) in [4.78, 5) is 15.8. The summed E-state index contributed by atoms with van der Waals surface area (Å²) in [7, 11) is 0. The third-order valence-corrected chi connectivity index (χ3v) is 5.21. The van der Waals surface area contributed by atoms with Crippen molar-refractivity contribution in [2.75, 3.05) is 11.5 Å². The van der Waals surface area contributed by atoms with Crippen LogP contribution in [0.3, 0.4) is 0 Å². The predicted octanol–water partition coefficient (Wildman–Crippen LogP) is 2.63. The number of aromatic amines is 1. The van der Waals surface area contributed by atoms with E-state index in [1.165, 1.54) is 12.2 Å². The molecule has 1 N–H and O–H groups in total. The van der Waals surface area contributed by atoms with Gasteiger partial charge in [0.15, 0.2) is 0 Å². The summed E-state index contributed by atoms with van der Waals surface area (Å²) < 4.78 is 1.62. The Hall–Kier alpha value is -1.75. The number of fused-ring (bicyclic) bond motifs is 3. The molecule has 3 aromatic rings. The summed E-state index contributed by atoms with van der Waals surface area (Å²) in [5.41, 5.74) is 1.66. The van der Waals surface area contributed by atoms with Crippen LogP contribution in [0.2, 0.25) is 0 Å². The van der Waals surface area contributed by atoms with Crippen molar-refractivity contribution in [3.05, 3.63) is 40.8 Å². The van der Waals surface area contributed by atoms with Gasteiger partial charge < -0.3 is 4.98 Å². The molecule has 0 bridgehead atoms. The van der Waals surface area contributed by atoms with Crippen molar-refractivity contribution in [2.24, 2.45) is 5.92 Å². The van der Waals surface area contributed by atoms with Gasteiger partial charge in [-0.2, -0.15) is 16.9 Å². The van der Waals surface area contributed by atoms with Crippen LogP contribution in [-0.4, -0.2) is 26.3 Å². The maximum Gasteiger partial charge on any atom is 0.291 e. The summed E-state index contributed by atoms with van der Waals surface area (Å²) in [5.74, 6) is 2.92.